The van der Waals surface area contributed by atoms with Gasteiger partial charge in [-0.3, -0.25) is 0 Å². The minimum Gasteiger partial charge on any atom is -0.486 e. The maximum Gasteiger partial charge on any atom is 0.216 e. The van der Waals surface area contributed by atoms with E-state index in [2.05, 4.69) is 21.4 Å². The maximum atomic E-state index is 13.2. The van der Waals surface area contributed by atoms with E-state index in [1.54, 1.807) is 12.1 Å². The van der Waals surface area contributed by atoms with Crippen LogP contribution in [0.4, 0.5) is 4.39 Å². The summed E-state index contributed by atoms with van der Waals surface area (Å²) >= 11 is 5.19. The molecule has 7 heteroatoms. The van der Waals surface area contributed by atoms with Gasteiger partial charge in [0.05, 0.1) is 6.21 Å². The first-order valence-corrected chi connectivity index (χ1v) is 8.09. The molecule has 0 spiro atoms. The molecule has 1 heterocycles. The number of hydrogen-bond acceptors (Lipinski definition) is 4. The van der Waals surface area contributed by atoms with Gasteiger partial charge in [-0.2, -0.15) is 14.9 Å². The number of aromatic amines is 1. The van der Waals surface area contributed by atoms with Crippen LogP contribution in [0.25, 0.3) is 0 Å². The lowest BCUT2D eigenvalue weighted by molar-refractivity contribution is 0.290. The van der Waals surface area contributed by atoms with Gasteiger partial charge in [-0.25, -0.2) is 9.49 Å². The summed E-state index contributed by atoms with van der Waals surface area (Å²) in [6.45, 7) is 4.23. The number of aryl methyl sites for hydroxylation is 2. The number of nitrogens with zero attached hydrogens (tertiary/aromatic N) is 3. The van der Waals surface area contributed by atoms with E-state index in [0.29, 0.717) is 16.2 Å². The third-order valence-electron chi connectivity index (χ3n) is 3.45. The van der Waals surface area contributed by atoms with E-state index >= 15 is 0 Å². The van der Waals surface area contributed by atoms with Gasteiger partial charge < -0.3 is 4.74 Å². The Kier molecular flexibility index (Phi) is 5.04. The van der Waals surface area contributed by atoms with Gasteiger partial charge in [0, 0.05) is 0 Å². The van der Waals surface area contributed by atoms with Crippen molar-refractivity contribution in [2.45, 2.75) is 20.5 Å². The molecule has 0 radical (unpaired) electrons. The molecule has 5 nitrogen and oxygen atoms in total. The smallest absolute Gasteiger partial charge is 0.216 e. The molecule has 3 aromatic rings. The molecule has 0 aliphatic carbocycles. The molecular weight excluding hydrogens is 339 g/mol. The summed E-state index contributed by atoms with van der Waals surface area (Å²) in [6, 6.07) is 12.1. The second kappa shape index (κ2) is 7.40. The summed E-state index contributed by atoms with van der Waals surface area (Å²) in [4.78, 5) is 0. The van der Waals surface area contributed by atoms with Crippen molar-refractivity contribution in [2.24, 2.45) is 5.10 Å². The third kappa shape index (κ3) is 4.39. The van der Waals surface area contributed by atoms with E-state index in [1.807, 2.05) is 26.0 Å². The first-order valence-electron chi connectivity index (χ1n) is 7.68. The Labute approximate surface area is 149 Å². The maximum absolute atomic E-state index is 13.2. The van der Waals surface area contributed by atoms with Gasteiger partial charge in [0.25, 0.3) is 0 Å². The predicted molar refractivity (Wildman–Crippen MR) is 97.1 cm³/mol. The predicted octanol–water partition coefficient (Wildman–Crippen LogP) is 4.16. The van der Waals surface area contributed by atoms with Crippen LogP contribution in [0.15, 0.2) is 47.6 Å². The zero-order valence-electron chi connectivity index (χ0n) is 13.9. The molecule has 0 aliphatic rings. The monoisotopic (exact) mass is 356 g/mol. The highest BCUT2D eigenvalue weighted by Gasteiger charge is 2.07. The first kappa shape index (κ1) is 17.0. The number of H-pyrrole nitrogens is 1. The van der Waals surface area contributed by atoms with Gasteiger partial charge in [-0.15, -0.1) is 0 Å². The van der Waals surface area contributed by atoms with Crippen LogP contribution in [-0.2, 0) is 6.61 Å². The molecule has 0 saturated carbocycles. The molecule has 0 aliphatic heterocycles. The molecule has 0 fully saturated rings. The number of rotatable bonds is 5. The number of ether oxygens (including phenoxy) is 1. The fraction of sp³-hybridized carbons (Fsp3) is 0.167. The Morgan fingerprint density at radius 3 is 2.72 bits per heavy atom. The summed E-state index contributed by atoms with van der Waals surface area (Å²) in [5, 5.41) is 11.1. The fourth-order valence-electron chi connectivity index (χ4n) is 2.41. The van der Waals surface area contributed by atoms with Crippen molar-refractivity contribution in [1.29, 1.82) is 0 Å². The standard InChI is InChI=1S/C18H17FN4OS/c1-12-6-13(2)8-16(7-12)24-11-17-21-22-18(25)23(17)20-10-14-4-3-5-15(19)9-14/h3-10H,11H2,1-2H3,(H,22,25)/b20-10-. The van der Waals surface area contributed by atoms with Crippen molar-refractivity contribution in [3.63, 3.8) is 0 Å². The Bertz CT molecular complexity index is 957. The minimum absolute atomic E-state index is 0.205. The first-order chi connectivity index (χ1) is 12.0. The summed E-state index contributed by atoms with van der Waals surface area (Å²) in [7, 11) is 0. The van der Waals surface area contributed by atoms with E-state index in [4.69, 9.17) is 17.0 Å². The lowest BCUT2D eigenvalue weighted by atomic mass is 10.1. The Hall–Kier alpha value is -2.80. The number of benzene rings is 2. The van der Waals surface area contributed by atoms with Crippen molar-refractivity contribution >= 4 is 18.4 Å². The number of aromatic nitrogens is 3. The summed E-state index contributed by atoms with van der Waals surface area (Å²) in [5.74, 6) is 0.960. The minimum atomic E-state index is -0.321. The van der Waals surface area contributed by atoms with E-state index in [1.165, 1.54) is 23.0 Å². The van der Waals surface area contributed by atoms with Crippen molar-refractivity contribution in [3.8, 4) is 5.75 Å². The van der Waals surface area contributed by atoms with Crippen LogP contribution in [0.2, 0.25) is 0 Å². The van der Waals surface area contributed by atoms with Crippen LogP contribution < -0.4 is 4.74 Å². The topological polar surface area (TPSA) is 55.2 Å². The molecule has 3 rings (SSSR count). The van der Waals surface area contributed by atoms with Gasteiger partial charge in [0.15, 0.2) is 5.82 Å². The summed E-state index contributed by atoms with van der Waals surface area (Å²) in [6.07, 6.45) is 1.52. The van der Waals surface area contributed by atoms with Gasteiger partial charge in [0.1, 0.15) is 18.2 Å². The third-order valence-corrected chi connectivity index (χ3v) is 3.72. The molecule has 0 bridgehead atoms. The average molecular weight is 356 g/mol. The molecule has 1 aromatic heterocycles. The van der Waals surface area contributed by atoms with E-state index in [0.717, 1.165) is 16.9 Å². The Balaban J connectivity index is 1.78. The second-order valence-electron chi connectivity index (χ2n) is 5.67. The van der Waals surface area contributed by atoms with E-state index in [9.17, 15) is 4.39 Å². The average Bonchev–Trinajstić information content (AvgIpc) is 2.90. The molecule has 0 amide bonds. The SMILES string of the molecule is Cc1cc(C)cc(OCc2n[nH]c(=S)n2/N=C\c2cccc(F)c2)c1. The molecule has 1 N–H and O–H groups in total. The van der Waals surface area contributed by atoms with Gasteiger partial charge >= 0.3 is 0 Å². The number of nitrogens with one attached hydrogen (secondary N) is 1. The van der Waals surface area contributed by atoms with Crippen LogP contribution in [0.3, 0.4) is 0 Å². The molecular formula is C18H17FN4OS. The Morgan fingerprint density at radius 1 is 1.24 bits per heavy atom. The van der Waals surface area contributed by atoms with Crippen molar-refractivity contribution < 1.29 is 9.13 Å². The molecule has 0 unspecified atom stereocenters. The molecule has 0 atom stereocenters. The largest absolute Gasteiger partial charge is 0.486 e. The lowest BCUT2D eigenvalue weighted by Gasteiger charge is -2.07. The quantitative estimate of drug-likeness (QED) is 0.552. The van der Waals surface area contributed by atoms with Crippen LogP contribution in [-0.4, -0.2) is 21.1 Å². The van der Waals surface area contributed by atoms with Crippen LogP contribution >= 0.6 is 12.2 Å². The second-order valence-corrected chi connectivity index (χ2v) is 6.06. The van der Waals surface area contributed by atoms with Crippen LogP contribution in [0.1, 0.15) is 22.5 Å². The van der Waals surface area contributed by atoms with Crippen molar-refractivity contribution in [3.05, 3.63) is 75.6 Å². The zero-order chi connectivity index (χ0) is 17.8. The highest BCUT2D eigenvalue weighted by molar-refractivity contribution is 7.71. The van der Waals surface area contributed by atoms with E-state index < -0.39 is 0 Å². The van der Waals surface area contributed by atoms with Gasteiger partial charge in [-0.05, 0) is 67.0 Å². The van der Waals surface area contributed by atoms with Crippen LogP contribution in [0, 0.1) is 24.4 Å². The molecule has 2 aromatic carbocycles. The molecule has 0 saturated heterocycles. The number of halogens is 1. The molecule has 25 heavy (non-hydrogen) atoms. The zero-order valence-corrected chi connectivity index (χ0v) is 14.7. The van der Waals surface area contributed by atoms with E-state index in [-0.39, 0.29) is 12.4 Å². The molecule has 128 valence electrons. The Morgan fingerprint density at radius 2 is 2.00 bits per heavy atom. The summed E-state index contributed by atoms with van der Waals surface area (Å²) in [5.41, 5.74) is 2.88. The highest BCUT2D eigenvalue weighted by Crippen LogP contribution is 2.17. The fourth-order valence-corrected chi connectivity index (χ4v) is 2.61. The lowest BCUT2D eigenvalue weighted by Crippen LogP contribution is -2.04. The van der Waals surface area contributed by atoms with Crippen LogP contribution in [0.5, 0.6) is 5.75 Å². The van der Waals surface area contributed by atoms with Crippen molar-refractivity contribution in [1.82, 2.24) is 14.9 Å². The highest BCUT2D eigenvalue weighted by atomic mass is 32.1. The van der Waals surface area contributed by atoms with Crippen molar-refractivity contribution in [2.75, 3.05) is 0 Å². The van der Waals surface area contributed by atoms with Gasteiger partial charge in [-0.1, -0.05) is 18.2 Å². The normalized spacial score (nSPS) is 11.2. The summed E-state index contributed by atoms with van der Waals surface area (Å²) < 4.78 is 20.8. The van der Waals surface area contributed by atoms with Gasteiger partial charge in [0.2, 0.25) is 4.77 Å². The number of hydrogen-bond donors (Lipinski definition) is 1.